The highest BCUT2D eigenvalue weighted by Crippen LogP contribution is 2.35. The number of thiazole rings is 1. The van der Waals surface area contributed by atoms with Gasteiger partial charge in [0.2, 0.25) is 17.8 Å². The Morgan fingerprint density at radius 3 is 2.53 bits per heavy atom. The number of ether oxygens (including phenoxy) is 4. The zero-order valence-corrected chi connectivity index (χ0v) is 47.6. The first kappa shape index (κ1) is 56.7. The van der Waals surface area contributed by atoms with Crippen LogP contribution in [-0.2, 0) is 32.2 Å². The van der Waals surface area contributed by atoms with Gasteiger partial charge in [0.1, 0.15) is 36.2 Å². The first-order chi connectivity index (χ1) is 39.4. The largest absolute Gasteiger partial charge is 0.491 e. The maximum atomic E-state index is 14.0. The molecule has 2 fully saturated rings. The quantitative estimate of drug-likeness (QED) is 0.0337. The summed E-state index contributed by atoms with van der Waals surface area (Å²) in [4.78, 5) is 49.2. The molecule has 10 rings (SSSR count). The molecule has 3 aromatic carbocycles. The minimum Gasteiger partial charge on any atom is -0.491 e. The summed E-state index contributed by atoms with van der Waals surface area (Å²) in [5, 5.41) is 34.9. The molecule has 20 nitrogen and oxygen atoms in total. The van der Waals surface area contributed by atoms with Gasteiger partial charge in [0.15, 0.2) is 5.65 Å². The van der Waals surface area contributed by atoms with Gasteiger partial charge < -0.3 is 54.7 Å². The summed E-state index contributed by atoms with van der Waals surface area (Å²) in [6.07, 6.45) is 5.01. The number of β-amino-alcohol motifs (C(OH)–C–C–N with tert-alkyl or cyclic N) is 1. The second kappa shape index (κ2) is 26.4. The lowest BCUT2D eigenvalue weighted by atomic mass is 9.91. The predicted molar refractivity (Wildman–Crippen MR) is 311 cm³/mol. The summed E-state index contributed by atoms with van der Waals surface area (Å²) < 4.78 is 31.7. The molecule has 0 unspecified atom stereocenters. The van der Waals surface area contributed by atoms with E-state index in [0.29, 0.717) is 68.7 Å². The van der Waals surface area contributed by atoms with E-state index in [0.717, 1.165) is 92.1 Å². The number of amides is 2. The van der Waals surface area contributed by atoms with Crippen LogP contribution in [0.15, 0.2) is 95.2 Å². The van der Waals surface area contributed by atoms with Crippen LogP contribution in [0.1, 0.15) is 92.6 Å². The lowest BCUT2D eigenvalue weighted by Crippen LogP contribution is -2.48. The fourth-order valence-electron chi connectivity index (χ4n) is 10.5. The van der Waals surface area contributed by atoms with Crippen LogP contribution in [-0.4, -0.2) is 134 Å². The molecule has 0 aliphatic carbocycles. The van der Waals surface area contributed by atoms with E-state index in [9.17, 15) is 14.7 Å². The van der Waals surface area contributed by atoms with E-state index in [2.05, 4.69) is 80.7 Å². The average Bonchev–Trinajstić information content (AvgIpc) is 4.51. The molecule has 426 valence electrons. The Hall–Kier alpha value is -7.56. The molecule has 4 atom stereocenters. The van der Waals surface area contributed by atoms with Crippen molar-refractivity contribution in [3.63, 3.8) is 0 Å². The lowest BCUT2D eigenvalue weighted by molar-refractivity contribution is -0.141. The number of hydrogen-bond acceptors (Lipinski definition) is 18. The molecule has 21 heteroatoms. The molecule has 2 amide bonds. The van der Waals surface area contributed by atoms with Crippen LogP contribution in [0, 0.1) is 19.8 Å². The molecular weight excluding hydrogens is 1050 g/mol. The number of pyridine rings is 1. The average molecular weight is 1120 g/mol. The molecule has 81 heavy (non-hydrogen) atoms. The number of likely N-dealkylation sites (tertiary alicyclic amines) is 1. The Balaban J connectivity index is 0.695. The van der Waals surface area contributed by atoms with Crippen LogP contribution in [0.3, 0.4) is 0 Å². The normalized spacial score (nSPS) is 16.9. The first-order valence-electron chi connectivity index (χ1n) is 28.0. The molecule has 2 aliphatic heterocycles. The van der Waals surface area contributed by atoms with Gasteiger partial charge in [0, 0.05) is 79.2 Å². The van der Waals surface area contributed by atoms with Gasteiger partial charge in [-0.15, -0.1) is 11.3 Å². The van der Waals surface area contributed by atoms with Crippen LogP contribution in [0.4, 0.5) is 11.6 Å². The Morgan fingerprint density at radius 1 is 0.914 bits per heavy atom. The maximum Gasteiger partial charge on any atom is 0.322 e. The molecule has 5 aromatic heterocycles. The third kappa shape index (κ3) is 13.6. The van der Waals surface area contributed by atoms with Crippen molar-refractivity contribution in [2.24, 2.45) is 5.92 Å². The molecule has 8 aromatic rings. The summed E-state index contributed by atoms with van der Waals surface area (Å²) in [6, 6.07) is 23.7. The number of fused-ring (bicyclic) bond motifs is 2. The number of nitrogens with zero attached hydrogens (tertiary/aromatic N) is 8. The molecular formula is C60H72N12O8S. The van der Waals surface area contributed by atoms with E-state index in [4.69, 9.17) is 38.4 Å². The number of aromatic nitrogens is 7. The van der Waals surface area contributed by atoms with E-state index in [1.807, 2.05) is 75.1 Å². The van der Waals surface area contributed by atoms with Crippen LogP contribution < -0.4 is 30.7 Å². The van der Waals surface area contributed by atoms with Gasteiger partial charge in [-0.05, 0) is 85.8 Å². The molecule has 7 heterocycles. The lowest BCUT2D eigenvalue weighted by Gasteiger charge is -2.28. The smallest absolute Gasteiger partial charge is 0.322 e. The molecule has 0 saturated carbocycles. The zero-order chi connectivity index (χ0) is 56.4. The topological polar surface area (TPSA) is 238 Å². The predicted octanol–water partition coefficient (Wildman–Crippen LogP) is 8.48. The van der Waals surface area contributed by atoms with Gasteiger partial charge in [-0.2, -0.15) is 19.6 Å². The van der Waals surface area contributed by atoms with Crippen molar-refractivity contribution in [2.45, 2.75) is 104 Å². The summed E-state index contributed by atoms with van der Waals surface area (Å²) in [5.41, 5.74) is 10.8. The summed E-state index contributed by atoms with van der Waals surface area (Å²) in [7, 11) is 0. The van der Waals surface area contributed by atoms with Gasteiger partial charge >= 0.3 is 6.01 Å². The fraction of sp³-hybridized carbons (Fsp3) is 0.433. The molecule has 0 spiro atoms. The van der Waals surface area contributed by atoms with Crippen LogP contribution in [0.5, 0.6) is 11.8 Å². The highest BCUT2D eigenvalue weighted by Gasteiger charge is 2.43. The van der Waals surface area contributed by atoms with E-state index in [-0.39, 0.29) is 55.9 Å². The maximum absolute atomic E-state index is 14.0. The monoisotopic (exact) mass is 1120 g/mol. The van der Waals surface area contributed by atoms with Crippen LogP contribution >= 0.6 is 11.3 Å². The highest BCUT2D eigenvalue weighted by molar-refractivity contribution is 7.13. The number of rotatable bonds is 25. The van der Waals surface area contributed by atoms with E-state index >= 15 is 0 Å². The van der Waals surface area contributed by atoms with Crippen molar-refractivity contribution < 1.29 is 38.2 Å². The van der Waals surface area contributed by atoms with Crippen LogP contribution in [0.2, 0.25) is 0 Å². The number of anilines is 2. The number of carbonyl (C=O) groups is 2. The van der Waals surface area contributed by atoms with Crippen molar-refractivity contribution >= 4 is 51.2 Å². The second-order valence-electron chi connectivity index (χ2n) is 21.3. The SMILES string of the molecule is Cc1cc([C@H](C(=O)N2C[C@H](O)C[C@H]2C(=O)NCc2ccc(-c3scnc3C)cc2OCCOCCOCCNc2ccc3c(-c4ccccc4CNc4nc(O[C@@H]5CCCNC5)nc5c(C(C)C)cnn45)nccc3c2)C(C)C)on1. The summed E-state index contributed by atoms with van der Waals surface area (Å²) in [5.74, 6) is 0.409. The number of piperidine rings is 1. The minimum atomic E-state index is -0.853. The van der Waals surface area contributed by atoms with Gasteiger partial charge in [0.25, 0.3) is 0 Å². The van der Waals surface area contributed by atoms with Crippen molar-refractivity contribution in [1.82, 2.24) is 50.2 Å². The van der Waals surface area contributed by atoms with Gasteiger partial charge in [-0.25, -0.2) is 4.98 Å². The van der Waals surface area contributed by atoms with E-state index in [1.54, 1.807) is 28.8 Å². The van der Waals surface area contributed by atoms with Crippen molar-refractivity contribution in [3.8, 4) is 33.5 Å². The first-order valence-corrected chi connectivity index (χ1v) is 28.9. The molecule has 5 N–H and O–H groups in total. The summed E-state index contributed by atoms with van der Waals surface area (Å²) in [6.45, 7) is 16.7. The van der Waals surface area contributed by atoms with Gasteiger partial charge in [-0.1, -0.05) is 75.3 Å². The van der Waals surface area contributed by atoms with E-state index in [1.165, 1.54) is 4.90 Å². The zero-order valence-electron chi connectivity index (χ0n) is 46.8. The number of aliphatic hydroxyl groups excluding tert-OH is 1. The fourth-order valence-corrected chi connectivity index (χ4v) is 11.3. The number of benzene rings is 3. The minimum absolute atomic E-state index is 0.00705. The number of hydrogen-bond donors (Lipinski definition) is 5. The Kier molecular flexibility index (Phi) is 18.4. The molecule has 0 radical (unpaired) electrons. The van der Waals surface area contributed by atoms with Crippen molar-refractivity contribution in [2.75, 3.05) is 69.8 Å². The van der Waals surface area contributed by atoms with Crippen molar-refractivity contribution in [3.05, 3.63) is 125 Å². The second-order valence-corrected chi connectivity index (χ2v) is 22.2. The number of aryl methyl sites for hydroxylation is 2. The summed E-state index contributed by atoms with van der Waals surface area (Å²) >= 11 is 1.54. The number of nitrogens with one attached hydrogen (secondary N) is 4. The molecule has 2 aliphatic rings. The Labute approximate surface area is 475 Å². The van der Waals surface area contributed by atoms with Crippen LogP contribution in [0.25, 0.3) is 38.1 Å². The van der Waals surface area contributed by atoms with Crippen molar-refractivity contribution in [1.29, 1.82) is 0 Å². The molecule has 2 saturated heterocycles. The Bertz CT molecular complexity index is 3430. The standard InChI is InChI=1S/C60H72N12O8S/c1-36(2)49-33-67-72-56(49)68-60(79-46-11-9-18-61-32-46)69-59(72)65-30-42-10-7-8-12-47(42)54-48-16-15-44(27-40(48)17-19-63-54)62-20-21-76-22-23-77-24-25-78-51-28-41(55-39(6)66-35-81-55)13-14-43(51)31-64-57(74)50-29-45(73)34-71(50)58(75)53(37(3)4)52-26-38(5)70-80-52/h7-8,10,12-17,19,26-28,33,35-37,45-46,50,53,61-62,73H,9,11,18,20-25,29-32,34H2,1-6H3,(H,64,74)(H,65,68,69)/t45-,46-,50+,53-/m1/s1. The Morgan fingerprint density at radius 2 is 1.75 bits per heavy atom. The molecule has 0 bridgehead atoms. The highest BCUT2D eigenvalue weighted by atomic mass is 32.1. The third-order valence-corrected chi connectivity index (χ3v) is 15.7. The van der Waals surface area contributed by atoms with E-state index < -0.39 is 18.1 Å². The van der Waals surface area contributed by atoms with Gasteiger partial charge in [0.05, 0.1) is 66.2 Å². The number of carbonyl (C=O) groups excluding carboxylic acids is 2. The number of aliphatic hydroxyl groups is 1. The van der Waals surface area contributed by atoms with Gasteiger partial charge in [-0.3, -0.25) is 14.6 Å². The third-order valence-electron chi connectivity index (χ3n) is 14.7.